The molecule has 24 heavy (non-hydrogen) atoms. The van der Waals surface area contributed by atoms with E-state index < -0.39 is 5.91 Å². The number of aromatic nitrogens is 1. The van der Waals surface area contributed by atoms with Crippen LogP contribution in [0.5, 0.6) is 0 Å². The average Bonchev–Trinajstić information content (AvgIpc) is 3.18. The molecule has 1 N–H and O–H groups in total. The average molecular weight is 402 g/mol. The number of amides is 1. The lowest BCUT2D eigenvalue weighted by atomic mass is 10.1. The molecule has 0 saturated carbocycles. The monoisotopic (exact) mass is 401 g/mol. The van der Waals surface area contributed by atoms with Crippen LogP contribution < -0.4 is 0 Å². The summed E-state index contributed by atoms with van der Waals surface area (Å²) in [7, 11) is 0. The SMILES string of the molecule is N=C1/C(=C\c2ccc(Br)o2)C(=O)N=C2SC(c3ccncc3)=NN12. The normalized spacial score (nSPS) is 18.7. The Labute approximate surface area is 148 Å². The number of hydrazone groups is 1. The molecular weight excluding hydrogens is 394 g/mol. The van der Waals surface area contributed by atoms with Gasteiger partial charge in [-0.15, -0.1) is 0 Å². The second kappa shape index (κ2) is 5.84. The van der Waals surface area contributed by atoms with Gasteiger partial charge in [-0.25, -0.2) is 0 Å². The van der Waals surface area contributed by atoms with Crippen molar-refractivity contribution in [3.05, 3.63) is 58.2 Å². The van der Waals surface area contributed by atoms with E-state index in [2.05, 4.69) is 31.0 Å². The third-order valence-electron chi connectivity index (χ3n) is 3.26. The second-order valence-electron chi connectivity index (χ2n) is 4.80. The summed E-state index contributed by atoms with van der Waals surface area (Å²) in [6.45, 7) is 0. The summed E-state index contributed by atoms with van der Waals surface area (Å²) < 4.78 is 5.91. The Balaban J connectivity index is 1.70. The number of amidine groups is 2. The van der Waals surface area contributed by atoms with Gasteiger partial charge in [-0.05, 0) is 58.0 Å². The van der Waals surface area contributed by atoms with E-state index in [1.54, 1.807) is 24.5 Å². The predicted molar refractivity (Wildman–Crippen MR) is 94.8 cm³/mol. The minimum absolute atomic E-state index is 0.0333. The first-order valence-corrected chi connectivity index (χ1v) is 8.39. The van der Waals surface area contributed by atoms with Crippen molar-refractivity contribution in [1.29, 1.82) is 5.41 Å². The molecule has 2 aromatic heterocycles. The molecule has 1 amide bonds. The van der Waals surface area contributed by atoms with Crippen LogP contribution in [0, 0.1) is 5.41 Å². The number of thioether (sulfide) groups is 1. The van der Waals surface area contributed by atoms with Crippen molar-refractivity contribution in [2.24, 2.45) is 10.1 Å². The maximum absolute atomic E-state index is 12.3. The molecule has 4 rings (SSSR count). The number of nitrogens with one attached hydrogen (secondary N) is 1. The van der Waals surface area contributed by atoms with Gasteiger partial charge >= 0.3 is 0 Å². The Morgan fingerprint density at radius 1 is 1.25 bits per heavy atom. The van der Waals surface area contributed by atoms with Gasteiger partial charge in [0, 0.05) is 18.0 Å². The van der Waals surface area contributed by atoms with Crippen LogP contribution in [0.1, 0.15) is 11.3 Å². The number of fused-ring (bicyclic) bond motifs is 1. The number of hydrogen-bond acceptors (Lipinski definition) is 6. The van der Waals surface area contributed by atoms with Crippen molar-refractivity contribution in [3.8, 4) is 0 Å². The van der Waals surface area contributed by atoms with Gasteiger partial charge in [0.15, 0.2) is 10.5 Å². The van der Waals surface area contributed by atoms with Crippen molar-refractivity contribution in [3.63, 3.8) is 0 Å². The highest BCUT2D eigenvalue weighted by Gasteiger charge is 2.36. The molecule has 4 heterocycles. The fourth-order valence-corrected chi connectivity index (χ4v) is 3.37. The van der Waals surface area contributed by atoms with E-state index in [0.29, 0.717) is 20.6 Å². The van der Waals surface area contributed by atoms with Gasteiger partial charge in [-0.3, -0.25) is 15.2 Å². The summed E-state index contributed by atoms with van der Waals surface area (Å²) in [6.07, 6.45) is 4.81. The van der Waals surface area contributed by atoms with Gasteiger partial charge in [0.2, 0.25) is 5.17 Å². The van der Waals surface area contributed by atoms with E-state index in [1.807, 2.05) is 12.1 Å². The largest absolute Gasteiger partial charge is 0.450 e. The van der Waals surface area contributed by atoms with Gasteiger partial charge in [0.1, 0.15) is 10.8 Å². The molecule has 2 aromatic rings. The fourth-order valence-electron chi connectivity index (χ4n) is 2.15. The van der Waals surface area contributed by atoms with Crippen LogP contribution >= 0.6 is 27.7 Å². The van der Waals surface area contributed by atoms with Crippen molar-refractivity contribution < 1.29 is 9.21 Å². The van der Waals surface area contributed by atoms with E-state index in [-0.39, 0.29) is 11.4 Å². The Morgan fingerprint density at radius 3 is 2.75 bits per heavy atom. The molecule has 9 heteroatoms. The zero-order chi connectivity index (χ0) is 16.7. The second-order valence-corrected chi connectivity index (χ2v) is 6.54. The lowest BCUT2D eigenvalue weighted by Gasteiger charge is -2.19. The number of carbonyl (C=O) groups is 1. The van der Waals surface area contributed by atoms with Crippen molar-refractivity contribution in [1.82, 2.24) is 9.99 Å². The first kappa shape index (κ1) is 15.0. The number of furan rings is 1. The summed E-state index contributed by atoms with van der Waals surface area (Å²) in [5.74, 6) is -0.0645. The van der Waals surface area contributed by atoms with Crippen LogP contribution in [0.4, 0.5) is 0 Å². The number of halogens is 1. The van der Waals surface area contributed by atoms with Crippen molar-refractivity contribution in [2.75, 3.05) is 0 Å². The third kappa shape index (κ3) is 2.61. The van der Waals surface area contributed by atoms with E-state index in [0.717, 1.165) is 5.56 Å². The molecule has 0 radical (unpaired) electrons. The number of pyridine rings is 1. The van der Waals surface area contributed by atoms with Crippen LogP contribution in [0.15, 0.2) is 61.4 Å². The zero-order valence-electron chi connectivity index (χ0n) is 11.9. The highest BCUT2D eigenvalue weighted by atomic mass is 79.9. The van der Waals surface area contributed by atoms with Crippen LogP contribution in [0.3, 0.4) is 0 Å². The lowest BCUT2D eigenvalue weighted by Crippen LogP contribution is -2.35. The molecule has 0 aliphatic carbocycles. The molecule has 0 fully saturated rings. The van der Waals surface area contributed by atoms with Gasteiger partial charge < -0.3 is 4.42 Å². The number of hydrogen-bond donors (Lipinski definition) is 1. The topological polar surface area (TPSA) is 94.9 Å². The van der Waals surface area contributed by atoms with Crippen molar-refractivity contribution in [2.45, 2.75) is 0 Å². The predicted octanol–water partition coefficient (Wildman–Crippen LogP) is 3.10. The highest BCUT2D eigenvalue weighted by Crippen LogP contribution is 2.31. The van der Waals surface area contributed by atoms with Crippen LogP contribution in [0.2, 0.25) is 0 Å². The van der Waals surface area contributed by atoms with Gasteiger partial charge in [-0.2, -0.15) is 15.1 Å². The molecular formula is C15H8BrN5O2S. The first-order chi connectivity index (χ1) is 11.6. The highest BCUT2D eigenvalue weighted by molar-refractivity contribution is 9.10. The van der Waals surface area contributed by atoms with Crippen LogP contribution in [-0.4, -0.2) is 31.9 Å². The van der Waals surface area contributed by atoms with Crippen LogP contribution in [0.25, 0.3) is 6.08 Å². The Bertz CT molecular complexity index is 948. The summed E-state index contributed by atoms with van der Waals surface area (Å²) in [5.41, 5.74) is 0.980. The molecule has 0 aromatic carbocycles. The minimum atomic E-state index is -0.488. The summed E-state index contributed by atoms with van der Waals surface area (Å²) in [5, 5.41) is 15.1. The number of carbonyl (C=O) groups excluding carboxylic acids is 1. The molecule has 7 nitrogen and oxygen atoms in total. The van der Waals surface area contributed by atoms with Crippen LogP contribution in [-0.2, 0) is 4.79 Å². The van der Waals surface area contributed by atoms with Crippen molar-refractivity contribution >= 4 is 55.7 Å². The van der Waals surface area contributed by atoms with Gasteiger partial charge in [-0.1, -0.05) is 0 Å². The summed E-state index contributed by atoms with van der Waals surface area (Å²) in [6, 6.07) is 7.03. The third-order valence-corrected chi connectivity index (χ3v) is 4.65. The Kier molecular flexibility index (Phi) is 3.66. The molecule has 0 unspecified atom stereocenters. The van der Waals surface area contributed by atoms with E-state index in [9.17, 15) is 4.79 Å². The van der Waals surface area contributed by atoms with E-state index in [1.165, 1.54) is 22.8 Å². The Morgan fingerprint density at radius 2 is 2.04 bits per heavy atom. The number of nitrogens with zero attached hydrogens (tertiary/aromatic N) is 4. The molecule has 0 bridgehead atoms. The molecule has 0 atom stereocenters. The summed E-state index contributed by atoms with van der Waals surface area (Å²) >= 11 is 4.45. The standard InChI is InChI=1S/C15H8BrN5O2S/c16-11-2-1-9(23-11)7-10-12(17)21-15(19-13(10)22)24-14(20-21)8-3-5-18-6-4-8/h1-7,17H/b10-7+,17-12?. The van der Waals surface area contributed by atoms with E-state index in [4.69, 9.17) is 9.83 Å². The number of aliphatic imine (C=N–C) groups is 1. The maximum atomic E-state index is 12.3. The molecule has 118 valence electrons. The first-order valence-electron chi connectivity index (χ1n) is 6.78. The van der Waals surface area contributed by atoms with Gasteiger partial charge in [0.05, 0.1) is 5.57 Å². The Hall–Kier alpha value is -2.52. The van der Waals surface area contributed by atoms with Gasteiger partial charge in [0.25, 0.3) is 5.91 Å². The zero-order valence-corrected chi connectivity index (χ0v) is 14.3. The molecule has 0 spiro atoms. The maximum Gasteiger partial charge on any atom is 0.283 e. The van der Waals surface area contributed by atoms with E-state index >= 15 is 0 Å². The lowest BCUT2D eigenvalue weighted by molar-refractivity contribution is -0.114. The quantitative estimate of drug-likeness (QED) is 0.779. The smallest absolute Gasteiger partial charge is 0.283 e. The number of rotatable bonds is 2. The molecule has 0 saturated heterocycles. The fraction of sp³-hybridized carbons (Fsp3) is 0. The summed E-state index contributed by atoms with van der Waals surface area (Å²) in [4.78, 5) is 20.2. The molecule has 2 aliphatic heterocycles. The molecule has 2 aliphatic rings. The minimum Gasteiger partial charge on any atom is -0.450 e.